The maximum atomic E-state index is 12.7. The highest BCUT2D eigenvalue weighted by atomic mass is 16.5. The molecule has 0 saturated heterocycles. The molecule has 0 bridgehead atoms. The Kier molecular flexibility index (Phi) is 4.32. The van der Waals surface area contributed by atoms with Crippen molar-refractivity contribution >= 4 is 17.5 Å². The van der Waals surface area contributed by atoms with Gasteiger partial charge in [0.05, 0.1) is 19.1 Å². The number of carbonyl (C=O) groups is 1. The number of carbonyl (C=O) groups excluding carboxylic acids is 1. The monoisotopic (exact) mass is 315 g/mol. The van der Waals surface area contributed by atoms with E-state index in [2.05, 4.69) is 22.1 Å². The van der Waals surface area contributed by atoms with Crippen molar-refractivity contribution in [1.82, 2.24) is 10.2 Å². The van der Waals surface area contributed by atoms with Gasteiger partial charge in [-0.15, -0.1) is 0 Å². The topological polar surface area (TPSA) is 80.5 Å². The van der Waals surface area contributed by atoms with Crippen molar-refractivity contribution in [3.63, 3.8) is 0 Å². The van der Waals surface area contributed by atoms with Gasteiger partial charge in [0, 0.05) is 22.8 Å². The quantitative estimate of drug-likeness (QED) is 0.856. The van der Waals surface area contributed by atoms with Gasteiger partial charge in [0.25, 0.3) is 0 Å². The predicted octanol–water partition coefficient (Wildman–Crippen LogP) is 3.51. The molecule has 0 spiro atoms. The third-order valence-corrected chi connectivity index (χ3v) is 4.21. The van der Waals surface area contributed by atoms with Crippen LogP contribution in [0.15, 0.2) is 27.9 Å². The number of furan rings is 1. The summed E-state index contributed by atoms with van der Waals surface area (Å²) < 4.78 is 10.8. The van der Waals surface area contributed by atoms with Crippen LogP contribution in [0.1, 0.15) is 49.5 Å². The van der Waals surface area contributed by atoms with Crippen LogP contribution in [-0.4, -0.2) is 28.5 Å². The SMILES string of the molecule is CCCC1=Nc2[nH]ncc2C(c2ccoc2C)C1C(=O)OCC. The van der Waals surface area contributed by atoms with Gasteiger partial charge in [0.2, 0.25) is 0 Å². The number of aromatic amines is 1. The lowest BCUT2D eigenvalue weighted by Crippen LogP contribution is -2.34. The number of aromatic nitrogens is 2. The van der Waals surface area contributed by atoms with Crippen molar-refractivity contribution in [3.8, 4) is 0 Å². The van der Waals surface area contributed by atoms with E-state index in [1.165, 1.54) is 0 Å². The van der Waals surface area contributed by atoms with Gasteiger partial charge < -0.3 is 9.15 Å². The molecule has 0 radical (unpaired) electrons. The number of esters is 1. The highest BCUT2D eigenvalue weighted by Crippen LogP contribution is 2.43. The summed E-state index contributed by atoms with van der Waals surface area (Å²) in [5.41, 5.74) is 2.73. The molecule has 0 fully saturated rings. The van der Waals surface area contributed by atoms with Gasteiger partial charge in [-0.2, -0.15) is 5.10 Å². The number of H-pyrrole nitrogens is 1. The number of hydrogen-bond donors (Lipinski definition) is 1. The first-order chi connectivity index (χ1) is 11.2. The zero-order valence-corrected chi connectivity index (χ0v) is 13.6. The highest BCUT2D eigenvalue weighted by molar-refractivity contribution is 6.06. The fourth-order valence-electron chi connectivity index (χ4n) is 3.23. The lowest BCUT2D eigenvalue weighted by atomic mass is 9.76. The molecular formula is C17H21N3O3. The Labute approximate surface area is 134 Å². The van der Waals surface area contributed by atoms with E-state index < -0.39 is 5.92 Å². The van der Waals surface area contributed by atoms with E-state index in [4.69, 9.17) is 9.15 Å². The van der Waals surface area contributed by atoms with Gasteiger partial charge >= 0.3 is 5.97 Å². The van der Waals surface area contributed by atoms with Gasteiger partial charge in [0.1, 0.15) is 11.7 Å². The molecule has 1 aliphatic rings. The Morgan fingerprint density at radius 3 is 2.87 bits per heavy atom. The number of aliphatic imine (C=N–C) groups is 1. The second-order valence-corrected chi connectivity index (χ2v) is 5.67. The zero-order valence-electron chi connectivity index (χ0n) is 13.6. The molecule has 6 heteroatoms. The summed E-state index contributed by atoms with van der Waals surface area (Å²) in [5, 5.41) is 7.04. The summed E-state index contributed by atoms with van der Waals surface area (Å²) >= 11 is 0. The molecule has 2 aromatic heterocycles. The number of nitrogens with one attached hydrogen (secondary N) is 1. The van der Waals surface area contributed by atoms with E-state index in [0.29, 0.717) is 6.61 Å². The molecule has 0 saturated carbocycles. The molecule has 1 aliphatic heterocycles. The summed E-state index contributed by atoms with van der Waals surface area (Å²) in [6.07, 6.45) is 5.05. The zero-order chi connectivity index (χ0) is 16.4. The summed E-state index contributed by atoms with van der Waals surface area (Å²) in [7, 11) is 0. The van der Waals surface area contributed by atoms with Crippen LogP contribution in [0.3, 0.4) is 0 Å². The van der Waals surface area contributed by atoms with E-state index in [-0.39, 0.29) is 11.9 Å². The lowest BCUT2D eigenvalue weighted by Gasteiger charge is -2.29. The number of hydrogen-bond acceptors (Lipinski definition) is 5. The fourth-order valence-corrected chi connectivity index (χ4v) is 3.23. The smallest absolute Gasteiger partial charge is 0.315 e. The minimum absolute atomic E-state index is 0.180. The number of fused-ring (bicyclic) bond motifs is 1. The number of aryl methyl sites for hydroxylation is 1. The lowest BCUT2D eigenvalue weighted by molar-refractivity contribution is -0.146. The Bertz CT molecular complexity index is 729. The van der Waals surface area contributed by atoms with E-state index in [1.54, 1.807) is 12.5 Å². The average Bonchev–Trinajstić information content (AvgIpc) is 3.15. The normalized spacial score (nSPS) is 20.0. The van der Waals surface area contributed by atoms with Crippen LogP contribution in [0.5, 0.6) is 0 Å². The first kappa shape index (κ1) is 15.5. The van der Waals surface area contributed by atoms with Gasteiger partial charge in [-0.3, -0.25) is 9.89 Å². The largest absolute Gasteiger partial charge is 0.469 e. The third-order valence-electron chi connectivity index (χ3n) is 4.21. The van der Waals surface area contributed by atoms with Crippen LogP contribution < -0.4 is 0 Å². The van der Waals surface area contributed by atoms with Crippen LogP contribution in [0.4, 0.5) is 5.82 Å². The molecule has 0 aliphatic carbocycles. The Morgan fingerprint density at radius 2 is 2.22 bits per heavy atom. The minimum Gasteiger partial charge on any atom is -0.469 e. The summed E-state index contributed by atoms with van der Waals surface area (Å²) in [5.74, 6) is 0.669. The number of nitrogens with zero attached hydrogens (tertiary/aromatic N) is 2. The summed E-state index contributed by atoms with van der Waals surface area (Å²) in [4.78, 5) is 17.3. The van der Waals surface area contributed by atoms with Crippen LogP contribution >= 0.6 is 0 Å². The first-order valence-corrected chi connectivity index (χ1v) is 7.98. The summed E-state index contributed by atoms with van der Waals surface area (Å²) in [6, 6.07) is 1.91. The molecule has 3 rings (SSSR count). The van der Waals surface area contributed by atoms with E-state index >= 15 is 0 Å². The van der Waals surface area contributed by atoms with Crippen molar-refractivity contribution in [2.24, 2.45) is 10.9 Å². The van der Waals surface area contributed by atoms with Gasteiger partial charge in [-0.25, -0.2) is 4.99 Å². The molecule has 2 aromatic rings. The molecule has 0 amide bonds. The molecule has 2 atom stereocenters. The van der Waals surface area contributed by atoms with Gasteiger partial charge in [-0.1, -0.05) is 13.3 Å². The number of ether oxygens (including phenoxy) is 1. The van der Waals surface area contributed by atoms with Gasteiger partial charge in [-0.05, 0) is 26.3 Å². The molecule has 3 heterocycles. The summed E-state index contributed by atoms with van der Waals surface area (Å²) in [6.45, 7) is 6.15. The Balaban J connectivity index is 2.13. The average molecular weight is 315 g/mol. The van der Waals surface area contributed by atoms with Crippen molar-refractivity contribution in [2.45, 2.75) is 39.5 Å². The van der Waals surface area contributed by atoms with Crippen molar-refractivity contribution < 1.29 is 13.9 Å². The molecule has 1 N–H and O–H groups in total. The van der Waals surface area contributed by atoms with E-state index in [9.17, 15) is 4.79 Å². The predicted molar refractivity (Wildman–Crippen MR) is 86.0 cm³/mol. The molecule has 2 unspecified atom stereocenters. The van der Waals surface area contributed by atoms with Crippen LogP contribution in [0.2, 0.25) is 0 Å². The maximum absolute atomic E-state index is 12.7. The fraction of sp³-hybridized carbons (Fsp3) is 0.471. The van der Waals surface area contributed by atoms with Crippen LogP contribution in [0, 0.1) is 12.8 Å². The molecular weight excluding hydrogens is 294 g/mol. The Morgan fingerprint density at radius 1 is 1.39 bits per heavy atom. The molecule has 0 aromatic carbocycles. The molecule has 23 heavy (non-hydrogen) atoms. The van der Waals surface area contributed by atoms with Crippen LogP contribution in [0.25, 0.3) is 0 Å². The van der Waals surface area contributed by atoms with Crippen LogP contribution in [-0.2, 0) is 9.53 Å². The Hall–Kier alpha value is -2.37. The second kappa shape index (κ2) is 6.40. The van der Waals surface area contributed by atoms with Crippen molar-refractivity contribution in [3.05, 3.63) is 35.4 Å². The standard InChI is InChI=1S/C17H21N3O3/c1-4-6-13-15(17(21)22-5-2)14(11-7-8-23-10(11)3)12-9-18-20-16(12)19-13/h7-9,14-15H,4-6H2,1-3H3,(H,18,20). The number of rotatable bonds is 5. The van der Waals surface area contributed by atoms with Crippen molar-refractivity contribution in [2.75, 3.05) is 6.61 Å². The first-order valence-electron chi connectivity index (χ1n) is 7.98. The molecule has 6 nitrogen and oxygen atoms in total. The second-order valence-electron chi connectivity index (χ2n) is 5.67. The van der Waals surface area contributed by atoms with Crippen molar-refractivity contribution in [1.29, 1.82) is 0 Å². The third kappa shape index (κ3) is 2.69. The van der Waals surface area contributed by atoms with E-state index in [1.807, 2.05) is 19.9 Å². The molecule has 122 valence electrons. The maximum Gasteiger partial charge on any atom is 0.315 e. The highest BCUT2D eigenvalue weighted by Gasteiger charge is 2.41. The minimum atomic E-state index is -0.434. The van der Waals surface area contributed by atoms with Gasteiger partial charge in [0.15, 0.2) is 5.82 Å². The van der Waals surface area contributed by atoms with E-state index in [0.717, 1.165) is 41.3 Å².